The monoisotopic (exact) mass is 399 g/mol. The Morgan fingerprint density at radius 2 is 1.82 bits per heavy atom. The largest absolute Gasteiger partial charge is 0.365 e. The molecule has 1 aromatic heterocycles. The van der Waals surface area contributed by atoms with Crippen LogP contribution in [0.1, 0.15) is 54.6 Å². The van der Waals surface area contributed by atoms with Gasteiger partial charge in [-0.1, -0.05) is 67.6 Å². The Bertz CT molecular complexity index is 885. The lowest BCUT2D eigenvalue weighted by atomic mass is 10.0. The highest BCUT2D eigenvalue weighted by Crippen LogP contribution is 2.38. The number of fused-ring (bicyclic) bond motifs is 1. The predicted molar refractivity (Wildman–Crippen MR) is 110 cm³/mol. The summed E-state index contributed by atoms with van der Waals surface area (Å²) in [6.07, 6.45) is 6.62. The Kier molecular flexibility index (Phi) is 5.44. The summed E-state index contributed by atoms with van der Waals surface area (Å²) >= 11 is 6.60. The van der Waals surface area contributed by atoms with Crippen molar-refractivity contribution in [1.29, 1.82) is 0 Å². The van der Waals surface area contributed by atoms with E-state index in [0.29, 0.717) is 42.6 Å². The molecule has 1 saturated carbocycles. The van der Waals surface area contributed by atoms with Crippen LogP contribution in [-0.4, -0.2) is 27.8 Å². The van der Waals surface area contributed by atoms with Crippen LogP contribution in [0.3, 0.4) is 0 Å². The molecule has 2 N–H and O–H groups in total. The summed E-state index contributed by atoms with van der Waals surface area (Å²) in [5.41, 5.74) is 8.50. The molecule has 5 nitrogen and oxygen atoms in total. The maximum atomic E-state index is 12.8. The van der Waals surface area contributed by atoms with Crippen LogP contribution in [0.25, 0.3) is 11.3 Å². The molecule has 2 aliphatic rings. The first-order chi connectivity index (χ1) is 13.6. The quantitative estimate of drug-likeness (QED) is 0.817. The topological polar surface area (TPSA) is 68.3 Å². The van der Waals surface area contributed by atoms with Crippen LogP contribution >= 0.6 is 11.6 Å². The number of carbonyl (C=O) groups is 2. The molecular weight excluding hydrogens is 374 g/mol. The Labute approximate surface area is 170 Å². The molecule has 1 fully saturated rings. The second-order valence-electron chi connectivity index (χ2n) is 7.87. The number of benzene rings is 1. The average molecular weight is 400 g/mol. The summed E-state index contributed by atoms with van der Waals surface area (Å²) in [4.78, 5) is 26.8. The first kappa shape index (κ1) is 19.1. The van der Waals surface area contributed by atoms with E-state index in [1.165, 1.54) is 25.7 Å². The molecule has 1 aliphatic carbocycles. The van der Waals surface area contributed by atoms with Gasteiger partial charge in [-0.25, -0.2) is 0 Å². The van der Waals surface area contributed by atoms with Gasteiger partial charge in [0.05, 0.1) is 28.5 Å². The second-order valence-corrected chi connectivity index (χ2v) is 8.25. The zero-order valence-corrected chi connectivity index (χ0v) is 16.8. The molecule has 0 atom stereocenters. The molecule has 1 aliphatic heterocycles. The van der Waals surface area contributed by atoms with E-state index in [1.54, 1.807) is 0 Å². The third-order valence-corrected chi connectivity index (χ3v) is 6.50. The molecule has 2 heterocycles. The number of amides is 2. The van der Waals surface area contributed by atoms with Crippen molar-refractivity contribution >= 4 is 23.4 Å². The van der Waals surface area contributed by atoms with Gasteiger partial charge in [0.2, 0.25) is 5.91 Å². The zero-order chi connectivity index (χ0) is 19.7. The first-order valence-electron chi connectivity index (χ1n) is 10.1. The van der Waals surface area contributed by atoms with Crippen LogP contribution < -0.4 is 5.73 Å². The van der Waals surface area contributed by atoms with E-state index in [4.69, 9.17) is 17.3 Å². The Hall–Kier alpha value is -2.27. The van der Waals surface area contributed by atoms with Crippen molar-refractivity contribution in [3.05, 3.63) is 46.6 Å². The van der Waals surface area contributed by atoms with Crippen LogP contribution in [0.5, 0.6) is 0 Å². The molecule has 148 valence electrons. The van der Waals surface area contributed by atoms with Gasteiger partial charge in [0.25, 0.3) is 5.91 Å². The van der Waals surface area contributed by atoms with Crippen LogP contribution in [0.2, 0.25) is 5.02 Å². The minimum Gasteiger partial charge on any atom is -0.365 e. The van der Waals surface area contributed by atoms with Gasteiger partial charge in [-0.15, -0.1) is 0 Å². The van der Waals surface area contributed by atoms with Gasteiger partial charge in [0.15, 0.2) is 0 Å². The molecule has 0 bridgehead atoms. The fourth-order valence-electron chi connectivity index (χ4n) is 4.65. The molecule has 0 saturated heterocycles. The normalized spacial score (nSPS) is 17.0. The lowest BCUT2D eigenvalue weighted by Gasteiger charge is -2.30. The number of nitrogens with zero attached hydrogens (tertiary/aromatic N) is 2. The minimum absolute atomic E-state index is 0.159. The van der Waals surface area contributed by atoms with Crippen molar-refractivity contribution in [3.8, 4) is 11.3 Å². The second kappa shape index (κ2) is 8.00. The number of nitrogens with two attached hydrogens (primary N) is 1. The maximum Gasteiger partial charge on any atom is 0.252 e. The third kappa shape index (κ3) is 3.55. The summed E-state index contributed by atoms with van der Waals surface area (Å²) in [6.45, 7) is 1.62. The van der Waals surface area contributed by atoms with Crippen molar-refractivity contribution in [2.45, 2.75) is 51.6 Å². The lowest BCUT2D eigenvalue weighted by molar-refractivity contribution is -0.133. The van der Waals surface area contributed by atoms with E-state index in [0.717, 1.165) is 23.4 Å². The summed E-state index contributed by atoms with van der Waals surface area (Å²) < 4.78 is 2.05. The van der Waals surface area contributed by atoms with E-state index in [-0.39, 0.29) is 5.91 Å². The Balaban J connectivity index is 1.59. The number of hydrogen-bond donors (Lipinski definition) is 1. The van der Waals surface area contributed by atoms with E-state index < -0.39 is 5.91 Å². The fourth-order valence-corrected chi connectivity index (χ4v) is 5.07. The van der Waals surface area contributed by atoms with E-state index >= 15 is 0 Å². The number of carbonyl (C=O) groups excluding carboxylic acids is 2. The number of primary amides is 1. The molecule has 0 radical (unpaired) electrons. The summed E-state index contributed by atoms with van der Waals surface area (Å²) in [6, 6.07) is 9.77. The molecule has 0 unspecified atom stereocenters. The summed E-state index contributed by atoms with van der Waals surface area (Å²) in [7, 11) is 0. The molecule has 2 aromatic rings. The fraction of sp³-hybridized carbons (Fsp3) is 0.455. The molecule has 28 heavy (non-hydrogen) atoms. The maximum absolute atomic E-state index is 12.8. The molecule has 0 spiro atoms. The highest BCUT2D eigenvalue weighted by molar-refractivity contribution is 6.36. The van der Waals surface area contributed by atoms with Crippen LogP contribution in [0.4, 0.5) is 0 Å². The first-order valence-corrected chi connectivity index (χ1v) is 10.5. The van der Waals surface area contributed by atoms with Gasteiger partial charge in [-0.3, -0.25) is 9.59 Å². The van der Waals surface area contributed by atoms with Gasteiger partial charge in [-0.05, 0) is 17.9 Å². The SMILES string of the molecule is NC(=O)c1c(Cl)c(-c2ccccc2)n2c1CN(C(=O)CCC1CCCC1)CC2. The highest BCUT2D eigenvalue weighted by Gasteiger charge is 2.31. The van der Waals surface area contributed by atoms with E-state index in [1.807, 2.05) is 35.2 Å². The molecule has 6 heteroatoms. The highest BCUT2D eigenvalue weighted by atomic mass is 35.5. The van der Waals surface area contributed by atoms with Gasteiger partial charge in [0, 0.05) is 19.5 Å². The van der Waals surface area contributed by atoms with Crippen molar-refractivity contribution in [2.24, 2.45) is 11.7 Å². The number of aromatic nitrogens is 1. The number of rotatable bonds is 5. The van der Waals surface area contributed by atoms with Crippen molar-refractivity contribution < 1.29 is 9.59 Å². The average Bonchev–Trinajstić information content (AvgIpc) is 3.31. The Morgan fingerprint density at radius 1 is 1.11 bits per heavy atom. The standard InChI is InChI=1S/C22H26ClN3O2/c23-20-19(22(24)28)17-14-25(18(27)11-10-15-6-4-5-7-15)12-13-26(17)21(20)16-8-2-1-3-9-16/h1-3,8-9,15H,4-7,10-14H2,(H2,24,28). The summed E-state index contributed by atoms with van der Waals surface area (Å²) in [5, 5.41) is 0.383. The predicted octanol–water partition coefficient (Wildman–Crippen LogP) is 4.22. The van der Waals surface area contributed by atoms with Crippen LogP contribution in [0, 0.1) is 5.92 Å². The lowest BCUT2D eigenvalue weighted by Crippen LogP contribution is -2.39. The number of hydrogen-bond acceptors (Lipinski definition) is 2. The number of halogens is 1. The van der Waals surface area contributed by atoms with E-state index in [2.05, 4.69) is 4.57 Å². The van der Waals surface area contributed by atoms with Gasteiger partial charge >= 0.3 is 0 Å². The minimum atomic E-state index is -0.545. The smallest absolute Gasteiger partial charge is 0.252 e. The molecular formula is C22H26ClN3O2. The molecule has 4 rings (SSSR count). The molecule has 1 aromatic carbocycles. The van der Waals surface area contributed by atoms with E-state index in [9.17, 15) is 9.59 Å². The van der Waals surface area contributed by atoms with Crippen LogP contribution in [0.15, 0.2) is 30.3 Å². The zero-order valence-electron chi connectivity index (χ0n) is 16.0. The van der Waals surface area contributed by atoms with Crippen molar-refractivity contribution in [1.82, 2.24) is 9.47 Å². The third-order valence-electron chi connectivity index (χ3n) is 6.13. The van der Waals surface area contributed by atoms with Gasteiger partial charge in [-0.2, -0.15) is 0 Å². The van der Waals surface area contributed by atoms with Crippen molar-refractivity contribution in [2.75, 3.05) is 6.54 Å². The van der Waals surface area contributed by atoms with Crippen molar-refractivity contribution in [3.63, 3.8) is 0 Å². The Morgan fingerprint density at radius 3 is 2.50 bits per heavy atom. The summed E-state index contributed by atoms with van der Waals surface area (Å²) in [5.74, 6) is 0.307. The van der Waals surface area contributed by atoms with Gasteiger partial charge < -0.3 is 15.2 Å². The molecule has 2 amide bonds. The van der Waals surface area contributed by atoms with Crippen LogP contribution in [-0.2, 0) is 17.9 Å². The van der Waals surface area contributed by atoms with Gasteiger partial charge in [0.1, 0.15) is 0 Å².